The summed E-state index contributed by atoms with van der Waals surface area (Å²) >= 11 is 0. The fourth-order valence-corrected chi connectivity index (χ4v) is 1.55. The van der Waals surface area contributed by atoms with E-state index >= 15 is 0 Å². The van der Waals surface area contributed by atoms with Gasteiger partial charge in [0.15, 0.2) is 0 Å². The van der Waals surface area contributed by atoms with Crippen molar-refractivity contribution in [3.8, 4) is 0 Å². The first-order chi connectivity index (χ1) is 6.23. The highest BCUT2D eigenvalue weighted by Crippen LogP contribution is 2.28. The van der Waals surface area contributed by atoms with Crippen molar-refractivity contribution in [3.63, 3.8) is 0 Å². The molecule has 0 amide bonds. The van der Waals surface area contributed by atoms with E-state index in [9.17, 15) is 5.11 Å². The van der Waals surface area contributed by atoms with Crippen LogP contribution < -0.4 is 0 Å². The largest absolute Gasteiger partial charge is 0.396 e. The SMILES string of the molecule is COCCC(CO)C1(C)C=CC=N1. The molecule has 74 valence electrons. The highest BCUT2D eigenvalue weighted by Gasteiger charge is 2.31. The van der Waals surface area contributed by atoms with Gasteiger partial charge in [-0.15, -0.1) is 0 Å². The van der Waals surface area contributed by atoms with Gasteiger partial charge >= 0.3 is 0 Å². The van der Waals surface area contributed by atoms with Crippen LogP contribution in [0.3, 0.4) is 0 Å². The molecule has 1 rings (SSSR count). The third-order valence-electron chi connectivity index (χ3n) is 2.59. The zero-order valence-corrected chi connectivity index (χ0v) is 8.23. The van der Waals surface area contributed by atoms with Crippen LogP contribution in [-0.2, 0) is 4.74 Å². The van der Waals surface area contributed by atoms with E-state index in [-0.39, 0.29) is 18.1 Å². The van der Waals surface area contributed by atoms with Gasteiger partial charge in [-0.05, 0) is 19.4 Å². The second-order valence-electron chi connectivity index (χ2n) is 3.52. The molecule has 0 bridgehead atoms. The second-order valence-corrected chi connectivity index (χ2v) is 3.52. The van der Waals surface area contributed by atoms with E-state index in [2.05, 4.69) is 4.99 Å². The Bertz CT molecular complexity index is 199. The number of hydrogen-bond acceptors (Lipinski definition) is 3. The average molecular weight is 183 g/mol. The molecule has 0 fully saturated rings. The first-order valence-corrected chi connectivity index (χ1v) is 4.56. The standard InChI is InChI=1S/C10H17NO2/c1-10(5-3-6-11-10)9(8-12)4-7-13-2/h3,5-6,9,12H,4,7-8H2,1-2H3. The lowest BCUT2D eigenvalue weighted by Gasteiger charge is -2.28. The van der Waals surface area contributed by atoms with Gasteiger partial charge in [-0.2, -0.15) is 0 Å². The van der Waals surface area contributed by atoms with Crippen molar-refractivity contribution in [1.29, 1.82) is 0 Å². The molecule has 1 aliphatic heterocycles. The Hall–Kier alpha value is -0.670. The molecule has 2 unspecified atom stereocenters. The molecule has 3 heteroatoms. The summed E-state index contributed by atoms with van der Waals surface area (Å²) in [5.41, 5.74) is -0.229. The monoisotopic (exact) mass is 183 g/mol. The van der Waals surface area contributed by atoms with Gasteiger partial charge in [0.25, 0.3) is 0 Å². The Kier molecular flexibility index (Phi) is 3.63. The van der Waals surface area contributed by atoms with Crippen molar-refractivity contribution < 1.29 is 9.84 Å². The fraction of sp³-hybridized carbons (Fsp3) is 0.700. The summed E-state index contributed by atoms with van der Waals surface area (Å²) in [6, 6.07) is 0. The first kappa shape index (κ1) is 10.4. The Morgan fingerprint density at radius 2 is 2.38 bits per heavy atom. The summed E-state index contributed by atoms with van der Waals surface area (Å²) in [6.45, 7) is 2.86. The number of allylic oxidation sites excluding steroid dienone is 1. The van der Waals surface area contributed by atoms with Gasteiger partial charge in [0, 0.05) is 32.5 Å². The minimum Gasteiger partial charge on any atom is -0.396 e. The van der Waals surface area contributed by atoms with E-state index in [1.807, 2.05) is 19.1 Å². The Labute approximate surface area is 79.1 Å². The normalized spacial score (nSPS) is 28.2. The highest BCUT2D eigenvalue weighted by molar-refractivity contribution is 5.75. The number of aliphatic hydroxyl groups excluding tert-OH is 1. The number of nitrogens with zero attached hydrogens (tertiary/aromatic N) is 1. The molecule has 2 atom stereocenters. The quantitative estimate of drug-likeness (QED) is 0.691. The number of ether oxygens (including phenoxy) is 1. The van der Waals surface area contributed by atoms with Crippen LogP contribution in [0.4, 0.5) is 0 Å². The topological polar surface area (TPSA) is 41.8 Å². The van der Waals surface area contributed by atoms with Crippen molar-refractivity contribution in [3.05, 3.63) is 12.2 Å². The van der Waals surface area contributed by atoms with Crippen molar-refractivity contribution in [2.45, 2.75) is 18.9 Å². The smallest absolute Gasteiger partial charge is 0.0813 e. The van der Waals surface area contributed by atoms with Gasteiger partial charge in [0.2, 0.25) is 0 Å². The van der Waals surface area contributed by atoms with Crippen molar-refractivity contribution in [1.82, 2.24) is 0 Å². The average Bonchev–Trinajstić information content (AvgIpc) is 2.54. The van der Waals surface area contributed by atoms with Crippen LogP contribution >= 0.6 is 0 Å². The molecule has 0 aromatic heterocycles. The highest BCUT2D eigenvalue weighted by atomic mass is 16.5. The Balaban J connectivity index is 2.55. The van der Waals surface area contributed by atoms with Gasteiger partial charge in [0.05, 0.1) is 5.54 Å². The third kappa shape index (κ3) is 2.39. The lowest BCUT2D eigenvalue weighted by Crippen LogP contribution is -2.32. The zero-order chi connectivity index (χ0) is 9.73. The maximum absolute atomic E-state index is 9.21. The van der Waals surface area contributed by atoms with Gasteiger partial charge in [-0.1, -0.05) is 6.08 Å². The maximum atomic E-state index is 9.21. The van der Waals surface area contributed by atoms with Gasteiger partial charge in [-0.3, -0.25) is 4.99 Å². The van der Waals surface area contributed by atoms with E-state index in [0.29, 0.717) is 6.61 Å². The van der Waals surface area contributed by atoms with Crippen molar-refractivity contribution in [2.75, 3.05) is 20.3 Å². The Morgan fingerprint density at radius 3 is 2.85 bits per heavy atom. The van der Waals surface area contributed by atoms with Crippen LogP contribution in [0.2, 0.25) is 0 Å². The zero-order valence-electron chi connectivity index (χ0n) is 8.23. The second kappa shape index (κ2) is 4.53. The predicted molar refractivity (Wildman–Crippen MR) is 53.1 cm³/mol. The molecular formula is C10H17NO2. The maximum Gasteiger partial charge on any atom is 0.0813 e. The summed E-state index contributed by atoms with van der Waals surface area (Å²) in [5.74, 6) is 0.155. The minimum atomic E-state index is -0.229. The molecular weight excluding hydrogens is 166 g/mol. The molecule has 13 heavy (non-hydrogen) atoms. The molecule has 1 N–H and O–H groups in total. The summed E-state index contributed by atoms with van der Waals surface area (Å²) < 4.78 is 4.99. The van der Waals surface area contributed by atoms with Crippen molar-refractivity contribution >= 4 is 6.21 Å². The first-order valence-electron chi connectivity index (χ1n) is 4.56. The summed E-state index contributed by atoms with van der Waals surface area (Å²) in [5, 5.41) is 9.21. The molecule has 0 radical (unpaired) electrons. The molecule has 0 aliphatic carbocycles. The molecule has 0 aromatic carbocycles. The van der Waals surface area contributed by atoms with Crippen LogP contribution in [0.25, 0.3) is 0 Å². The molecule has 1 heterocycles. The van der Waals surface area contributed by atoms with Crippen LogP contribution in [0.15, 0.2) is 17.1 Å². The Morgan fingerprint density at radius 1 is 1.62 bits per heavy atom. The lowest BCUT2D eigenvalue weighted by atomic mass is 9.85. The number of aliphatic imine (C=N–C) groups is 1. The van der Waals surface area contributed by atoms with Gasteiger partial charge in [0.1, 0.15) is 0 Å². The molecule has 0 spiro atoms. The summed E-state index contributed by atoms with van der Waals surface area (Å²) in [6.07, 6.45) is 6.58. The van der Waals surface area contributed by atoms with Crippen LogP contribution in [0.5, 0.6) is 0 Å². The lowest BCUT2D eigenvalue weighted by molar-refractivity contribution is 0.124. The van der Waals surface area contributed by atoms with E-state index in [4.69, 9.17) is 4.74 Å². The van der Waals surface area contributed by atoms with Crippen LogP contribution in [0, 0.1) is 5.92 Å². The fourth-order valence-electron chi connectivity index (χ4n) is 1.55. The number of hydrogen-bond donors (Lipinski definition) is 1. The molecule has 0 saturated carbocycles. The number of aliphatic hydroxyl groups is 1. The van der Waals surface area contributed by atoms with E-state index in [1.165, 1.54) is 0 Å². The van der Waals surface area contributed by atoms with E-state index in [1.54, 1.807) is 13.3 Å². The summed E-state index contributed by atoms with van der Waals surface area (Å²) in [7, 11) is 1.67. The number of rotatable bonds is 5. The molecule has 1 aliphatic rings. The van der Waals surface area contributed by atoms with Gasteiger partial charge in [-0.25, -0.2) is 0 Å². The minimum absolute atomic E-state index is 0.154. The number of methoxy groups -OCH3 is 1. The molecule has 0 aromatic rings. The van der Waals surface area contributed by atoms with E-state index in [0.717, 1.165) is 6.42 Å². The van der Waals surface area contributed by atoms with Gasteiger partial charge < -0.3 is 9.84 Å². The molecule has 3 nitrogen and oxygen atoms in total. The summed E-state index contributed by atoms with van der Waals surface area (Å²) in [4.78, 5) is 4.34. The van der Waals surface area contributed by atoms with Crippen molar-refractivity contribution in [2.24, 2.45) is 10.9 Å². The van der Waals surface area contributed by atoms with E-state index < -0.39 is 0 Å². The third-order valence-corrected chi connectivity index (χ3v) is 2.59. The predicted octanol–water partition coefficient (Wildman–Crippen LogP) is 1.03. The van der Waals surface area contributed by atoms with Crippen LogP contribution in [-0.4, -0.2) is 37.2 Å². The van der Waals surface area contributed by atoms with Crippen LogP contribution in [0.1, 0.15) is 13.3 Å². The molecule has 0 saturated heterocycles.